The van der Waals surface area contributed by atoms with Gasteiger partial charge < -0.3 is 5.73 Å². The van der Waals surface area contributed by atoms with Crippen molar-refractivity contribution in [3.05, 3.63) is 0 Å². The molecule has 0 aliphatic heterocycles. The largest absolute Gasteiger partial charge is 0.327 e. The van der Waals surface area contributed by atoms with Gasteiger partial charge in [-0.15, -0.1) is 0 Å². The molecule has 0 aromatic heterocycles. The lowest BCUT2D eigenvalue weighted by Crippen LogP contribution is -2.26. The van der Waals surface area contributed by atoms with E-state index in [1.54, 1.807) is 6.92 Å². The average Bonchev–Trinajstić information content (AvgIpc) is 2.00. The van der Waals surface area contributed by atoms with Gasteiger partial charge in [0.25, 0.3) is 0 Å². The van der Waals surface area contributed by atoms with E-state index in [4.69, 9.17) is 5.73 Å². The topological polar surface area (TPSA) is 77.2 Å². The van der Waals surface area contributed by atoms with Crippen LogP contribution in [0, 0.1) is 0 Å². The van der Waals surface area contributed by atoms with Crippen LogP contribution in [0.25, 0.3) is 0 Å². The van der Waals surface area contributed by atoms with Crippen LogP contribution in [0.2, 0.25) is 0 Å². The van der Waals surface area contributed by atoms with Crippen molar-refractivity contribution in [3.63, 3.8) is 0 Å². The fourth-order valence-corrected chi connectivity index (χ4v) is 4.35. The molecule has 0 spiro atoms. The lowest BCUT2D eigenvalue weighted by molar-refractivity contribution is 0.595. The first-order chi connectivity index (χ1) is 6.37. The van der Waals surface area contributed by atoms with Crippen molar-refractivity contribution in [2.75, 3.05) is 23.0 Å². The smallest absolute Gasteiger partial charge is 0.151 e. The molecule has 0 amide bonds. The van der Waals surface area contributed by atoms with Gasteiger partial charge in [0.2, 0.25) is 0 Å². The molecule has 6 heteroatoms. The third kappa shape index (κ3) is 7.46. The predicted molar refractivity (Wildman–Crippen MR) is 60.5 cm³/mol. The SMILES string of the molecule is CCCS(=O)(=O)CCS(=O)CC(C)N. The minimum atomic E-state index is -3.00. The Kier molecular flexibility index (Phi) is 6.55. The van der Waals surface area contributed by atoms with Crippen LogP contribution in [0.15, 0.2) is 0 Å². The Bertz CT molecular complexity index is 272. The second-order valence-corrected chi connectivity index (χ2v) is 7.36. The molecule has 0 rings (SSSR count). The van der Waals surface area contributed by atoms with E-state index in [-0.39, 0.29) is 23.3 Å². The normalized spacial score (nSPS) is 16.5. The van der Waals surface area contributed by atoms with Crippen molar-refractivity contribution in [2.24, 2.45) is 5.73 Å². The highest BCUT2D eigenvalue weighted by Gasteiger charge is 2.12. The lowest BCUT2D eigenvalue weighted by atomic mass is 10.4. The summed E-state index contributed by atoms with van der Waals surface area (Å²) < 4.78 is 33.8. The zero-order chi connectivity index (χ0) is 11.2. The van der Waals surface area contributed by atoms with Crippen LogP contribution in [-0.2, 0) is 20.6 Å². The molecule has 2 N–H and O–H groups in total. The maximum absolute atomic E-state index is 11.3. The molecule has 0 fully saturated rings. The molecule has 2 atom stereocenters. The summed E-state index contributed by atoms with van der Waals surface area (Å²) in [6, 6.07) is -0.135. The van der Waals surface area contributed by atoms with E-state index in [0.717, 1.165) is 0 Å². The summed E-state index contributed by atoms with van der Waals surface area (Å²) in [5.74, 6) is 0.786. The number of hydrogen-bond donors (Lipinski definition) is 1. The van der Waals surface area contributed by atoms with Crippen LogP contribution >= 0.6 is 0 Å². The summed E-state index contributed by atoms with van der Waals surface area (Å²) in [5.41, 5.74) is 5.45. The lowest BCUT2D eigenvalue weighted by Gasteiger charge is -2.05. The Morgan fingerprint density at radius 2 is 1.93 bits per heavy atom. The fourth-order valence-electron chi connectivity index (χ4n) is 1.01. The highest BCUT2D eigenvalue weighted by molar-refractivity contribution is 7.93. The Morgan fingerprint density at radius 1 is 1.36 bits per heavy atom. The van der Waals surface area contributed by atoms with Gasteiger partial charge in [0, 0.05) is 34.1 Å². The van der Waals surface area contributed by atoms with E-state index < -0.39 is 20.6 Å². The molecule has 4 nitrogen and oxygen atoms in total. The quantitative estimate of drug-likeness (QED) is 0.675. The Balaban J connectivity index is 3.88. The molecule has 0 radical (unpaired) electrons. The highest BCUT2D eigenvalue weighted by Crippen LogP contribution is 1.96. The second-order valence-electron chi connectivity index (χ2n) is 3.44. The van der Waals surface area contributed by atoms with Crippen LogP contribution in [0.3, 0.4) is 0 Å². The molecule has 14 heavy (non-hydrogen) atoms. The first-order valence-corrected chi connectivity index (χ1v) is 7.99. The fraction of sp³-hybridized carbons (Fsp3) is 1.00. The number of sulfone groups is 1. The molecule has 86 valence electrons. The van der Waals surface area contributed by atoms with Crippen molar-refractivity contribution >= 4 is 20.6 Å². The molecular formula is C8H19NO3S2. The Hall–Kier alpha value is 0.0600. The van der Waals surface area contributed by atoms with E-state index in [1.165, 1.54) is 0 Å². The third-order valence-corrected chi connectivity index (χ3v) is 5.26. The van der Waals surface area contributed by atoms with E-state index in [9.17, 15) is 12.6 Å². The van der Waals surface area contributed by atoms with Gasteiger partial charge in [-0.05, 0) is 13.3 Å². The maximum Gasteiger partial charge on any atom is 0.151 e. The summed E-state index contributed by atoms with van der Waals surface area (Å²) in [6.45, 7) is 3.58. The summed E-state index contributed by atoms with van der Waals surface area (Å²) >= 11 is 0. The van der Waals surface area contributed by atoms with Crippen LogP contribution in [0.4, 0.5) is 0 Å². The van der Waals surface area contributed by atoms with Crippen LogP contribution in [0.5, 0.6) is 0 Å². The molecule has 2 unspecified atom stereocenters. The molecule has 0 saturated carbocycles. The monoisotopic (exact) mass is 241 g/mol. The predicted octanol–water partition coefficient (Wildman–Crippen LogP) is -0.0929. The maximum atomic E-state index is 11.3. The van der Waals surface area contributed by atoms with E-state index >= 15 is 0 Å². The summed E-state index contributed by atoms with van der Waals surface area (Å²) in [5, 5.41) is 0. The molecule has 0 heterocycles. The van der Waals surface area contributed by atoms with E-state index in [1.807, 2.05) is 6.92 Å². The Labute approximate surface area is 88.6 Å². The molecule has 0 aromatic rings. The number of rotatable bonds is 7. The van der Waals surface area contributed by atoms with Gasteiger partial charge in [0.15, 0.2) is 9.84 Å². The average molecular weight is 241 g/mol. The first kappa shape index (κ1) is 14.1. The standard InChI is InChI=1S/C8H19NO3S2/c1-3-5-14(11,12)6-4-13(10)7-8(2)9/h8H,3-7,9H2,1-2H3. The van der Waals surface area contributed by atoms with Gasteiger partial charge >= 0.3 is 0 Å². The zero-order valence-corrected chi connectivity index (χ0v) is 10.4. The highest BCUT2D eigenvalue weighted by atomic mass is 32.2. The second kappa shape index (κ2) is 6.53. The van der Waals surface area contributed by atoms with Crippen LogP contribution in [-0.4, -0.2) is 41.7 Å². The summed E-state index contributed by atoms with van der Waals surface area (Å²) in [4.78, 5) is 0. The van der Waals surface area contributed by atoms with Gasteiger partial charge in [0.1, 0.15) is 0 Å². The van der Waals surface area contributed by atoms with Gasteiger partial charge in [0.05, 0.1) is 5.75 Å². The molecule has 0 bridgehead atoms. The molecule has 0 aromatic carbocycles. The van der Waals surface area contributed by atoms with E-state index in [0.29, 0.717) is 12.2 Å². The Morgan fingerprint density at radius 3 is 2.36 bits per heavy atom. The van der Waals surface area contributed by atoms with Crippen LogP contribution in [0.1, 0.15) is 20.3 Å². The van der Waals surface area contributed by atoms with Gasteiger partial charge in [-0.3, -0.25) is 4.21 Å². The minimum absolute atomic E-state index is 0.0141. The summed E-state index contributed by atoms with van der Waals surface area (Å²) in [7, 11) is -4.10. The zero-order valence-electron chi connectivity index (χ0n) is 8.73. The van der Waals surface area contributed by atoms with Crippen molar-refractivity contribution in [1.29, 1.82) is 0 Å². The van der Waals surface area contributed by atoms with Crippen molar-refractivity contribution in [1.82, 2.24) is 0 Å². The summed E-state index contributed by atoms with van der Waals surface area (Å²) in [6.07, 6.45) is 0.613. The minimum Gasteiger partial charge on any atom is -0.327 e. The number of hydrogen-bond acceptors (Lipinski definition) is 4. The third-order valence-electron chi connectivity index (χ3n) is 1.59. The van der Waals surface area contributed by atoms with Crippen molar-refractivity contribution in [2.45, 2.75) is 26.3 Å². The van der Waals surface area contributed by atoms with Gasteiger partial charge in [-0.1, -0.05) is 6.92 Å². The van der Waals surface area contributed by atoms with Gasteiger partial charge in [-0.25, -0.2) is 8.42 Å². The number of nitrogens with two attached hydrogens (primary N) is 1. The molecule has 0 saturated heterocycles. The molecule has 0 aliphatic rings. The van der Waals surface area contributed by atoms with Crippen molar-refractivity contribution in [3.8, 4) is 0 Å². The van der Waals surface area contributed by atoms with Crippen LogP contribution < -0.4 is 5.73 Å². The first-order valence-electron chi connectivity index (χ1n) is 4.68. The van der Waals surface area contributed by atoms with Gasteiger partial charge in [-0.2, -0.15) is 0 Å². The van der Waals surface area contributed by atoms with Crippen molar-refractivity contribution < 1.29 is 12.6 Å². The van der Waals surface area contributed by atoms with E-state index in [2.05, 4.69) is 0 Å². The molecular weight excluding hydrogens is 222 g/mol. The molecule has 0 aliphatic carbocycles.